The van der Waals surface area contributed by atoms with E-state index in [0.29, 0.717) is 6.20 Å². The normalized spacial score (nSPS) is 10.1. The number of carbonyl (C=O) groups excluding carboxylic acids is 1. The lowest BCUT2D eigenvalue weighted by Crippen LogP contribution is -2.12. The molecule has 0 aliphatic rings. The van der Waals surface area contributed by atoms with E-state index in [-0.39, 0.29) is 6.61 Å². The molecule has 0 amide bonds. The molecule has 0 unspecified atom stereocenters. The summed E-state index contributed by atoms with van der Waals surface area (Å²) in [7, 11) is 0. The minimum Gasteiger partial charge on any atom is -0.461 e. The van der Waals surface area contributed by atoms with Gasteiger partial charge in [0.15, 0.2) is 11.5 Å². The van der Waals surface area contributed by atoms with E-state index < -0.39 is 35.0 Å². The molecule has 0 aliphatic carbocycles. The van der Waals surface area contributed by atoms with Crippen LogP contribution in [0.15, 0.2) is 6.20 Å². The maximum Gasteiger partial charge on any atom is 0.358 e. The van der Waals surface area contributed by atoms with Crippen LogP contribution in [-0.2, 0) is 4.74 Å². The highest BCUT2D eigenvalue weighted by Gasteiger charge is 2.24. The number of ether oxygens (including phenoxy) is 1. The van der Waals surface area contributed by atoms with Gasteiger partial charge in [0.2, 0.25) is 0 Å². The van der Waals surface area contributed by atoms with Crippen molar-refractivity contribution in [3.8, 4) is 6.07 Å². The van der Waals surface area contributed by atoms with Gasteiger partial charge in [-0.15, -0.1) is 0 Å². The van der Waals surface area contributed by atoms with Crippen molar-refractivity contribution in [2.75, 3.05) is 6.61 Å². The SMILES string of the molecule is CCOC(=O)c1ncc(C(F)F)c(F)c1C#N. The van der Waals surface area contributed by atoms with Crippen molar-refractivity contribution in [3.63, 3.8) is 0 Å². The third kappa shape index (κ3) is 2.53. The molecule has 0 N–H and O–H groups in total. The standard InChI is InChI=1S/C10H7F3N2O2/c1-2-17-10(16)8-5(3-14)7(11)6(4-15-8)9(12)13/h4,9H,2H2,1H3. The lowest BCUT2D eigenvalue weighted by Gasteiger charge is -2.06. The van der Waals surface area contributed by atoms with Gasteiger partial charge in [0.05, 0.1) is 12.2 Å². The second-order valence-corrected chi connectivity index (χ2v) is 2.88. The number of hydrogen-bond acceptors (Lipinski definition) is 4. The quantitative estimate of drug-likeness (QED) is 0.764. The second kappa shape index (κ2) is 5.30. The molecule has 1 aromatic heterocycles. The van der Waals surface area contributed by atoms with Gasteiger partial charge in [-0.1, -0.05) is 0 Å². The summed E-state index contributed by atoms with van der Waals surface area (Å²) in [6, 6.07) is 1.33. The molecular weight excluding hydrogens is 237 g/mol. The summed E-state index contributed by atoms with van der Waals surface area (Å²) < 4.78 is 42.6. The van der Waals surface area contributed by atoms with E-state index >= 15 is 0 Å². The van der Waals surface area contributed by atoms with Gasteiger partial charge in [-0.2, -0.15) is 5.26 Å². The maximum atomic E-state index is 13.4. The molecule has 0 bridgehead atoms. The zero-order valence-electron chi connectivity index (χ0n) is 8.71. The molecule has 1 rings (SSSR count). The summed E-state index contributed by atoms with van der Waals surface area (Å²) in [6.07, 6.45) is -2.58. The number of aromatic nitrogens is 1. The smallest absolute Gasteiger partial charge is 0.358 e. The Morgan fingerprint density at radius 2 is 2.29 bits per heavy atom. The van der Waals surface area contributed by atoms with Crippen molar-refractivity contribution < 1.29 is 22.7 Å². The van der Waals surface area contributed by atoms with E-state index in [4.69, 9.17) is 5.26 Å². The minimum atomic E-state index is -3.11. The molecule has 0 aliphatic heterocycles. The first kappa shape index (κ1) is 13.0. The summed E-state index contributed by atoms with van der Waals surface area (Å²) >= 11 is 0. The number of rotatable bonds is 3. The fourth-order valence-electron chi connectivity index (χ4n) is 1.11. The predicted molar refractivity (Wildman–Crippen MR) is 49.8 cm³/mol. The molecule has 0 spiro atoms. The number of nitriles is 1. The van der Waals surface area contributed by atoms with Crippen molar-refractivity contribution in [1.29, 1.82) is 5.26 Å². The molecule has 0 radical (unpaired) electrons. The lowest BCUT2D eigenvalue weighted by molar-refractivity contribution is 0.0517. The first-order valence-electron chi connectivity index (χ1n) is 4.56. The highest BCUT2D eigenvalue weighted by atomic mass is 19.3. The average molecular weight is 244 g/mol. The van der Waals surface area contributed by atoms with Crippen LogP contribution in [0.3, 0.4) is 0 Å². The number of esters is 1. The number of nitrogens with zero attached hydrogens (tertiary/aromatic N) is 2. The molecular formula is C10H7F3N2O2. The van der Waals surface area contributed by atoms with Crippen LogP contribution in [0.4, 0.5) is 13.2 Å². The largest absolute Gasteiger partial charge is 0.461 e. The Hall–Kier alpha value is -2.10. The molecule has 0 aromatic carbocycles. The predicted octanol–water partition coefficient (Wildman–Crippen LogP) is 2.21. The van der Waals surface area contributed by atoms with Crippen molar-refractivity contribution >= 4 is 5.97 Å². The number of pyridine rings is 1. The van der Waals surface area contributed by atoms with Crippen LogP contribution in [-0.4, -0.2) is 17.6 Å². The highest BCUT2D eigenvalue weighted by molar-refractivity contribution is 5.90. The average Bonchev–Trinajstić information content (AvgIpc) is 2.28. The topological polar surface area (TPSA) is 63.0 Å². The molecule has 17 heavy (non-hydrogen) atoms. The summed E-state index contributed by atoms with van der Waals surface area (Å²) in [5, 5.41) is 8.64. The Labute approximate surface area is 94.6 Å². The van der Waals surface area contributed by atoms with Crippen LogP contribution in [0.1, 0.15) is 35.0 Å². The zero-order valence-corrected chi connectivity index (χ0v) is 8.71. The number of alkyl halides is 2. The van der Waals surface area contributed by atoms with Gasteiger partial charge in [0.25, 0.3) is 6.43 Å². The minimum absolute atomic E-state index is 0.00357. The highest BCUT2D eigenvalue weighted by Crippen LogP contribution is 2.24. The summed E-state index contributed by atoms with van der Waals surface area (Å²) in [5.74, 6) is -2.47. The van der Waals surface area contributed by atoms with E-state index in [1.165, 1.54) is 13.0 Å². The van der Waals surface area contributed by atoms with E-state index in [1.54, 1.807) is 0 Å². The summed E-state index contributed by atoms with van der Waals surface area (Å²) in [6.45, 7) is 1.51. The molecule has 0 fully saturated rings. The van der Waals surface area contributed by atoms with Gasteiger partial charge in [-0.3, -0.25) is 0 Å². The molecule has 1 aromatic rings. The van der Waals surface area contributed by atoms with Crippen LogP contribution >= 0.6 is 0 Å². The van der Waals surface area contributed by atoms with E-state index in [2.05, 4.69) is 9.72 Å². The molecule has 0 atom stereocenters. The van der Waals surface area contributed by atoms with Crippen LogP contribution in [0.5, 0.6) is 0 Å². The Kier molecular flexibility index (Phi) is 4.04. The van der Waals surface area contributed by atoms with E-state index in [1.807, 2.05) is 0 Å². The van der Waals surface area contributed by atoms with Gasteiger partial charge in [0, 0.05) is 6.20 Å². The van der Waals surface area contributed by atoms with Crippen LogP contribution < -0.4 is 0 Å². The van der Waals surface area contributed by atoms with Crippen molar-refractivity contribution in [2.24, 2.45) is 0 Å². The third-order valence-electron chi connectivity index (χ3n) is 1.86. The number of halogens is 3. The van der Waals surface area contributed by atoms with Gasteiger partial charge < -0.3 is 4.74 Å². The lowest BCUT2D eigenvalue weighted by atomic mass is 10.1. The van der Waals surface area contributed by atoms with Gasteiger partial charge in [0.1, 0.15) is 11.6 Å². The van der Waals surface area contributed by atoms with E-state index in [0.717, 1.165) is 0 Å². The number of carbonyl (C=O) groups is 1. The first-order valence-corrected chi connectivity index (χ1v) is 4.56. The number of hydrogen-bond donors (Lipinski definition) is 0. The monoisotopic (exact) mass is 244 g/mol. The van der Waals surface area contributed by atoms with Crippen molar-refractivity contribution in [2.45, 2.75) is 13.3 Å². The fraction of sp³-hybridized carbons (Fsp3) is 0.300. The fourth-order valence-corrected chi connectivity index (χ4v) is 1.11. The van der Waals surface area contributed by atoms with Gasteiger partial charge in [-0.25, -0.2) is 22.9 Å². The van der Waals surface area contributed by atoms with Crippen LogP contribution in [0, 0.1) is 17.1 Å². The molecule has 0 saturated carbocycles. The van der Waals surface area contributed by atoms with Crippen LogP contribution in [0.2, 0.25) is 0 Å². The maximum absolute atomic E-state index is 13.4. The molecule has 90 valence electrons. The van der Waals surface area contributed by atoms with Crippen molar-refractivity contribution in [1.82, 2.24) is 4.98 Å². The Bertz CT molecular complexity index is 483. The van der Waals surface area contributed by atoms with Crippen LogP contribution in [0.25, 0.3) is 0 Å². The van der Waals surface area contributed by atoms with Gasteiger partial charge in [-0.05, 0) is 6.92 Å². The Morgan fingerprint density at radius 3 is 2.76 bits per heavy atom. The Balaban J connectivity index is 3.32. The molecule has 0 saturated heterocycles. The molecule has 4 nitrogen and oxygen atoms in total. The third-order valence-corrected chi connectivity index (χ3v) is 1.86. The Morgan fingerprint density at radius 1 is 1.65 bits per heavy atom. The first-order chi connectivity index (χ1) is 8.02. The summed E-state index contributed by atoms with van der Waals surface area (Å²) in [4.78, 5) is 14.6. The molecule has 1 heterocycles. The zero-order chi connectivity index (χ0) is 13.0. The van der Waals surface area contributed by atoms with Crippen molar-refractivity contribution in [3.05, 3.63) is 28.8 Å². The summed E-state index contributed by atoms with van der Waals surface area (Å²) in [5.41, 5.74) is -2.45. The molecule has 7 heteroatoms. The van der Waals surface area contributed by atoms with E-state index in [9.17, 15) is 18.0 Å². The van der Waals surface area contributed by atoms with Gasteiger partial charge >= 0.3 is 5.97 Å². The second-order valence-electron chi connectivity index (χ2n) is 2.88.